The van der Waals surface area contributed by atoms with Crippen LogP contribution in [0.1, 0.15) is 18.2 Å². The summed E-state index contributed by atoms with van der Waals surface area (Å²) in [7, 11) is -3.63. The minimum absolute atomic E-state index is 0.160. The summed E-state index contributed by atoms with van der Waals surface area (Å²) in [5, 5.41) is 2.81. The number of morpholine rings is 1. The molecule has 1 saturated heterocycles. The van der Waals surface area contributed by atoms with Crippen LogP contribution in [0.15, 0.2) is 74.8 Å². The van der Waals surface area contributed by atoms with Crippen LogP contribution in [-0.2, 0) is 35.6 Å². The lowest BCUT2D eigenvalue weighted by Crippen LogP contribution is -2.40. The zero-order valence-electron chi connectivity index (χ0n) is 24.1. The van der Waals surface area contributed by atoms with Gasteiger partial charge in [0.2, 0.25) is 15.9 Å². The number of amides is 1. The van der Waals surface area contributed by atoms with E-state index in [-0.39, 0.29) is 27.2 Å². The number of carbonyl (C=O) groups is 2. The number of furan rings is 1. The highest BCUT2D eigenvalue weighted by atomic mass is 32.2. The van der Waals surface area contributed by atoms with Gasteiger partial charge in [0.25, 0.3) is 5.56 Å². The molecular weight excluding hydrogens is 606 g/mol. The Morgan fingerprint density at radius 1 is 1.05 bits per heavy atom. The molecule has 1 aliphatic heterocycles. The van der Waals surface area contributed by atoms with Gasteiger partial charge in [0.1, 0.15) is 22.7 Å². The molecule has 3 heterocycles. The lowest BCUT2D eigenvalue weighted by atomic mass is 10.2. The molecule has 11 nitrogen and oxygen atoms in total. The summed E-state index contributed by atoms with van der Waals surface area (Å²) >= 11 is 1.03. The van der Waals surface area contributed by atoms with E-state index in [1.165, 1.54) is 33.2 Å². The fourth-order valence-electron chi connectivity index (χ4n) is 4.57. The second kappa shape index (κ2) is 13.6. The molecule has 0 radical (unpaired) electrons. The SMILES string of the molecule is CCOC(=O)/C=c1/s/c(=C\c2ccc(-c3ccc(S(=O)(=O)N4CCOCC4)cc3)o2)c(=O)n1CC(=O)Nc1ccccc1C. The minimum atomic E-state index is -3.63. The Morgan fingerprint density at radius 2 is 1.77 bits per heavy atom. The van der Waals surface area contributed by atoms with E-state index in [9.17, 15) is 22.8 Å². The molecule has 0 saturated carbocycles. The third-order valence-electron chi connectivity index (χ3n) is 6.83. The number of aryl methyl sites for hydroxylation is 1. The third kappa shape index (κ3) is 7.08. The van der Waals surface area contributed by atoms with Crippen LogP contribution in [0.2, 0.25) is 0 Å². The van der Waals surface area contributed by atoms with Crippen molar-refractivity contribution < 1.29 is 31.9 Å². The lowest BCUT2D eigenvalue weighted by Gasteiger charge is -2.26. The van der Waals surface area contributed by atoms with Crippen LogP contribution in [0.4, 0.5) is 5.69 Å². The number of esters is 1. The molecule has 44 heavy (non-hydrogen) atoms. The van der Waals surface area contributed by atoms with Crippen LogP contribution in [0.5, 0.6) is 0 Å². The van der Waals surface area contributed by atoms with Gasteiger partial charge in [-0.3, -0.25) is 14.2 Å². The van der Waals surface area contributed by atoms with Gasteiger partial charge in [-0.15, -0.1) is 11.3 Å². The minimum Gasteiger partial charge on any atom is -0.463 e. The summed E-state index contributed by atoms with van der Waals surface area (Å²) < 4.78 is 45.2. The Morgan fingerprint density at radius 3 is 2.48 bits per heavy atom. The standard InChI is InChI=1S/C31H31N3O8S2/c1-3-41-30(36)19-29-34(20-28(35)32-25-7-5-4-6-21(25)2)31(37)27(43-29)18-23-10-13-26(42-23)22-8-11-24(12-9-22)44(38,39)33-14-16-40-17-15-33/h4-13,18-19H,3,14-17,20H2,1-2H3,(H,32,35)/b27-18-,29-19+. The van der Waals surface area contributed by atoms with Gasteiger partial charge in [-0.2, -0.15) is 4.31 Å². The Kier molecular flexibility index (Phi) is 9.59. The first-order chi connectivity index (χ1) is 21.2. The Hall–Kier alpha value is -4.30. The maximum atomic E-state index is 13.4. The largest absolute Gasteiger partial charge is 0.463 e. The molecule has 1 aliphatic rings. The van der Waals surface area contributed by atoms with Gasteiger partial charge in [0, 0.05) is 30.4 Å². The highest BCUT2D eigenvalue weighted by Gasteiger charge is 2.26. The van der Waals surface area contributed by atoms with E-state index >= 15 is 0 Å². The predicted octanol–water partition coefficient (Wildman–Crippen LogP) is 2.31. The first-order valence-corrected chi connectivity index (χ1v) is 16.1. The molecule has 1 amide bonds. The summed E-state index contributed by atoms with van der Waals surface area (Å²) in [6.45, 7) is 4.72. The van der Waals surface area contributed by atoms with E-state index in [4.69, 9.17) is 13.9 Å². The second-order valence-electron chi connectivity index (χ2n) is 9.84. The van der Waals surface area contributed by atoms with E-state index in [1.54, 1.807) is 43.3 Å². The number of ether oxygens (including phenoxy) is 2. The maximum absolute atomic E-state index is 13.4. The number of nitrogens with zero attached hydrogens (tertiary/aromatic N) is 2. The molecule has 0 bridgehead atoms. The van der Waals surface area contributed by atoms with Crippen molar-refractivity contribution in [1.29, 1.82) is 0 Å². The van der Waals surface area contributed by atoms with Crippen molar-refractivity contribution in [2.24, 2.45) is 0 Å². The number of thiazole rings is 1. The Labute approximate surface area is 257 Å². The average molecular weight is 638 g/mol. The fourth-order valence-corrected chi connectivity index (χ4v) is 6.98. The number of rotatable bonds is 9. The number of benzene rings is 2. The molecule has 5 rings (SSSR count). The summed E-state index contributed by atoms with van der Waals surface area (Å²) in [4.78, 5) is 38.7. The van der Waals surface area contributed by atoms with Crippen LogP contribution in [0.25, 0.3) is 23.5 Å². The van der Waals surface area contributed by atoms with Gasteiger partial charge in [-0.25, -0.2) is 13.2 Å². The van der Waals surface area contributed by atoms with Crippen LogP contribution in [0, 0.1) is 6.92 Å². The molecule has 13 heteroatoms. The molecule has 4 aromatic rings. The molecule has 1 N–H and O–H groups in total. The normalized spacial score (nSPS) is 15.0. The number of hydrogen-bond acceptors (Lipinski definition) is 9. The number of nitrogens with one attached hydrogen (secondary N) is 1. The van der Waals surface area contributed by atoms with E-state index in [1.807, 2.05) is 19.1 Å². The number of carbonyl (C=O) groups excluding carboxylic acids is 2. The van der Waals surface area contributed by atoms with E-state index in [0.717, 1.165) is 16.9 Å². The van der Waals surface area contributed by atoms with Gasteiger partial charge in [0.05, 0.1) is 35.3 Å². The van der Waals surface area contributed by atoms with Gasteiger partial charge in [-0.1, -0.05) is 18.2 Å². The third-order valence-corrected chi connectivity index (χ3v) is 9.80. The average Bonchev–Trinajstić information content (AvgIpc) is 3.59. The first kappa shape index (κ1) is 31.1. The summed E-state index contributed by atoms with van der Waals surface area (Å²) in [6.07, 6.45) is 2.72. The number of para-hydroxylation sites is 1. The molecular formula is C31H31N3O8S2. The van der Waals surface area contributed by atoms with Gasteiger partial charge in [-0.05, 0) is 61.9 Å². The van der Waals surface area contributed by atoms with Crippen molar-refractivity contribution in [3.8, 4) is 11.3 Å². The Balaban J connectivity index is 1.41. The van der Waals surface area contributed by atoms with Gasteiger partial charge in [0.15, 0.2) is 0 Å². The molecule has 2 aromatic heterocycles. The van der Waals surface area contributed by atoms with Crippen LogP contribution >= 0.6 is 11.3 Å². The first-order valence-electron chi connectivity index (χ1n) is 13.9. The van der Waals surface area contributed by atoms with E-state index in [0.29, 0.717) is 49.1 Å². The fraction of sp³-hybridized carbons (Fsp3) is 0.258. The molecule has 2 aromatic carbocycles. The molecule has 1 fully saturated rings. The van der Waals surface area contributed by atoms with Crippen molar-refractivity contribution in [1.82, 2.24) is 8.87 Å². The number of anilines is 1. The quantitative estimate of drug-likeness (QED) is 0.276. The monoisotopic (exact) mass is 637 g/mol. The predicted molar refractivity (Wildman–Crippen MR) is 166 cm³/mol. The van der Waals surface area contributed by atoms with Crippen LogP contribution < -0.4 is 20.1 Å². The van der Waals surface area contributed by atoms with Crippen molar-refractivity contribution in [2.45, 2.75) is 25.3 Å². The maximum Gasteiger partial charge on any atom is 0.333 e. The van der Waals surface area contributed by atoms with Crippen LogP contribution in [-0.4, -0.2) is 62.1 Å². The van der Waals surface area contributed by atoms with Crippen molar-refractivity contribution >= 4 is 51.1 Å². The van der Waals surface area contributed by atoms with Crippen LogP contribution in [0.3, 0.4) is 0 Å². The molecule has 0 spiro atoms. The Bertz CT molecular complexity index is 1950. The highest BCUT2D eigenvalue weighted by molar-refractivity contribution is 7.89. The van der Waals surface area contributed by atoms with Crippen molar-refractivity contribution in [2.75, 3.05) is 38.2 Å². The molecule has 0 atom stereocenters. The molecule has 0 aliphatic carbocycles. The second-order valence-corrected chi connectivity index (χ2v) is 12.8. The van der Waals surface area contributed by atoms with Crippen molar-refractivity contribution in [3.63, 3.8) is 0 Å². The lowest BCUT2D eigenvalue weighted by molar-refractivity contribution is -0.135. The highest BCUT2D eigenvalue weighted by Crippen LogP contribution is 2.25. The summed E-state index contributed by atoms with van der Waals surface area (Å²) in [6, 6.07) is 17.1. The number of hydrogen-bond donors (Lipinski definition) is 1. The van der Waals surface area contributed by atoms with E-state index < -0.39 is 27.5 Å². The van der Waals surface area contributed by atoms with Crippen molar-refractivity contribution in [3.05, 3.63) is 91.5 Å². The molecule has 0 unspecified atom stereocenters. The molecule has 230 valence electrons. The zero-order chi connectivity index (χ0) is 31.3. The zero-order valence-corrected chi connectivity index (χ0v) is 25.8. The van der Waals surface area contributed by atoms with Gasteiger partial charge < -0.3 is 19.2 Å². The number of aromatic nitrogens is 1. The summed E-state index contributed by atoms with van der Waals surface area (Å²) in [5.41, 5.74) is 1.67. The number of sulfonamides is 1. The topological polar surface area (TPSA) is 137 Å². The smallest absolute Gasteiger partial charge is 0.333 e. The van der Waals surface area contributed by atoms with Gasteiger partial charge >= 0.3 is 5.97 Å². The van der Waals surface area contributed by atoms with E-state index in [2.05, 4.69) is 5.32 Å². The summed E-state index contributed by atoms with van der Waals surface area (Å²) in [5.74, 6) is -0.224.